The first kappa shape index (κ1) is 15.3. The number of H-pyrrole nitrogens is 1. The lowest BCUT2D eigenvalue weighted by Crippen LogP contribution is -2.32. The van der Waals surface area contributed by atoms with Crippen molar-refractivity contribution in [2.75, 3.05) is 13.1 Å². The lowest BCUT2D eigenvalue weighted by atomic mass is 9.89. The molecule has 1 fully saturated rings. The summed E-state index contributed by atoms with van der Waals surface area (Å²) in [5, 5.41) is 0. The van der Waals surface area contributed by atoms with Gasteiger partial charge in [-0.15, -0.1) is 0 Å². The van der Waals surface area contributed by atoms with E-state index < -0.39 is 10.0 Å². The molecule has 2 heterocycles. The summed E-state index contributed by atoms with van der Waals surface area (Å²) in [5.74, 6) is 1.18. The molecule has 0 bridgehead atoms. The highest BCUT2D eigenvalue weighted by molar-refractivity contribution is 7.89. The molecule has 1 aromatic heterocycles. The van der Waals surface area contributed by atoms with E-state index in [0.717, 1.165) is 19.3 Å². The molecule has 0 spiro atoms. The minimum absolute atomic E-state index is 0.167. The summed E-state index contributed by atoms with van der Waals surface area (Å²) >= 11 is 0. The van der Waals surface area contributed by atoms with E-state index in [1.165, 1.54) is 18.3 Å². The molecule has 1 unspecified atom stereocenters. The van der Waals surface area contributed by atoms with Crippen molar-refractivity contribution >= 4 is 10.0 Å². The van der Waals surface area contributed by atoms with Crippen molar-refractivity contribution in [1.29, 1.82) is 0 Å². The number of aromatic nitrogens is 1. The first-order chi connectivity index (χ1) is 9.41. The van der Waals surface area contributed by atoms with Crippen LogP contribution in [0.25, 0.3) is 0 Å². The molecule has 5 nitrogen and oxygen atoms in total. The first-order valence-electron chi connectivity index (χ1n) is 7.10. The molecule has 1 N–H and O–H groups in total. The molecule has 2 rings (SSSR count). The lowest BCUT2D eigenvalue weighted by molar-refractivity contribution is 0.340. The maximum atomic E-state index is 12.5. The van der Waals surface area contributed by atoms with Gasteiger partial charge in [-0.05, 0) is 37.2 Å². The van der Waals surface area contributed by atoms with Crippen LogP contribution in [0.1, 0.15) is 33.1 Å². The molecule has 0 radical (unpaired) electrons. The molecular weight excluding hydrogens is 276 g/mol. The minimum Gasteiger partial charge on any atom is -0.328 e. The topological polar surface area (TPSA) is 70.2 Å². The molecule has 6 heteroatoms. The molecule has 0 amide bonds. The van der Waals surface area contributed by atoms with E-state index in [-0.39, 0.29) is 10.5 Å². The van der Waals surface area contributed by atoms with Gasteiger partial charge in [0.05, 0.1) is 4.90 Å². The highest BCUT2D eigenvalue weighted by Crippen LogP contribution is 2.27. The van der Waals surface area contributed by atoms with Crippen molar-refractivity contribution in [1.82, 2.24) is 9.29 Å². The summed E-state index contributed by atoms with van der Waals surface area (Å²) in [6.45, 7) is 5.50. The van der Waals surface area contributed by atoms with Gasteiger partial charge in [-0.3, -0.25) is 4.79 Å². The summed E-state index contributed by atoms with van der Waals surface area (Å²) in [5.41, 5.74) is -0.292. The van der Waals surface area contributed by atoms with Crippen LogP contribution in [-0.4, -0.2) is 30.8 Å². The molecule has 1 aromatic rings. The molecule has 0 saturated carbocycles. The van der Waals surface area contributed by atoms with Gasteiger partial charge in [0.25, 0.3) is 0 Å². The standard InChI is InChI=1S/C14H22N2O3S/c1-11(2)12-4-3-8-16(9-7-12)20(18,19)13-5-6-14(17)15-10-13/h5-6,10-12H,3-4,7-9H2,1-2H3,(H,15,17). The van der Waals surface area contributed by atoms with E-state index in [2.05, 4.69) is 18.8 Å². The Bertz CT molecular complexity index is 587. The smallest absolute Gasteiger partial charge is 0.247 e. The van der Waals surface area contributed by atoms with E-state index in [1.54, 1.807) is 4.31 Å². The number of sulfonamides is 1. The van der Waals surface area contributed by atoms with Crippen LogP contribution in [0, 0.1) is 11.8 Å². The van der Waals surface area contributed by atoms with Crippen molar-refractivity contribution in [3.63, 3.8) is 0 Å². The van der Waals surface area contributed by atoms with Gasteiger partial charge in [0, 0.05) is 25.4 Å². The number of hydrogen-bond acceptors (Lipinski definition) is 3. The van der Waals surface area contributed by atoms with Crippen molar-refractivity contribution in [3.8, 4) is 0 Å². The molecule has 1 atom stereocenters. The second kappa shape index (κ2) is 6.10. The van der Waals surface area contributed by atoms with Gasteiger partial charge in [0.15, 0.2) is 0 Å². The van der Waals surface area contributed by atoms with E-state index in [0.29, 0.717) is 24.9 Å². The fraction of sp³-hybridized carbons (Fsp3) is 0.643. The van der Waals surface area contributed by atoms with Gasteiger partial charge in [-0.25, -0.2) is 8.42 Å². The van der Waals surface area contributed by atoms with E-state index in [9.17, 15) is 13.2 Å². The summed E-state index contributed by atoms with van der Waals surface area (Å²) in [6.07, 6.45) is 4.16. The predicted octanol–water partition coefficient (Wildman–Crippen LogP) is 1.82. The second-order valence-electron chi connectivity index (χ2n) is 5.73. The minimum atomic E-state index is -3.49. The van der Waals surface area contributed by atoms with Crippen molar-refractivity contribution in [3.05, 3.63) is 28.7 Å². The molecule has 1 saturated heterocycles. The third-order valence-electron chi connectivity index (χ3n) is 4.07. The van der Waals surface area contributed by atoms with Crippen LogP contribution in [0.2, 0.25) is 0 Å². The van der Waals surface area contributed by atoms with Crippen LogP contribution in [0.3, 0.4) is 0 Å². The van der Waals surface area contributed by atoms with Gasteiger partial charge in [-0.2, -0.15) is 4.31 Å². The van der Waals surface area contributed by atoms with Crippen LogP contribution in [-0.2, 0) is 10.0 Å². The number of pyridine rings is 1. The van der Waals surface area contributed by atoms with E-state index >= 15 is 0 Å². The number of rotatable bonds is 3. The van der Waals surface area contributed by atoms with E-state index in [4.69, 9.17) is 0 Å². The Balaban J connectivity index is 2.18. The number of aromatic amines is 1. The number of hydrogen-bond donors (Lipinski definition) is 1. The molecule has 1 aliphatic heterocycles. The summed E-state index contributed by atoms with van der Waals surface area (Å²) < 4.78 is 26.6. The van der Waals surface area contributed by atoms with Crippen molar-refractivity contribution in [2.45, 2.75) is 38.0 Å². The molecule has 0 aliphatic carbocycles. The fourth-order valence-electron chi connectivity index (χ4n) is 2.71. The molecule has 112 valence electrons. The Hall–Kier alpha value is -1.14. The fourth-order valence-corrected chi connectivity index (χ4v) is 4.17. The summed E-state index contributed by atoms with van der Waals surface area (Å²) in [4.78, 5) is 13.6. The average molecular weight is 298 g/mol. The summed E-state index contributed by atoms with van der Waals surface area (Å²) in [7, 11) is -3.49. The average Bonchev–Trinajstić information content (AvgIpc) is 2.65. The molecule has 20 heavy (non-hydrogen) atoms. The van der Waals surface area contributed by atoms with Crippen LogP contribution in [0.15, 0.2) is 28.0 Å². The van der Waals surface area contributed by atoms with Crippen LogP contribution in [0.4, 0.5) is 0 Å². The zero-order valence-corrected chi connectivity index (χ0v) is 12.8. The van der Waals surface area contributed by atoms with Gasteiger partial charge in [0.2, 0.25) is 15.6 Å². The Kier molecular flexibility index (Phi) is 4.65. The third kappa shape index (κ3) is 3.30. The molecule has 1 aliphatic rings. The second-order valence-corrected chi connectivity index (χ2v) is 7.67. The Morgan fingerprint density at radius 2 is 2.00 bits per heavy atom. The van der Waals surface area contributed by atoms with Crippen molar-refractivity contribution < 1.29 is 8.42 Å². The molecule has 0 aromatic carbocycles. The van der Waals surface area contributed by atoms with Gasteiger partial charge in [-0.1, -0.05) is 13.8 Å². The first-order valence-corrected chi connectivity index (χ1v) is 8.54. The normalized spacial score (nSPS) is 21.9. The monoisotopic (exact) mass is 298 g/mol. The predicted molar refractivity (Wildman–Crippen MR) is 78.0 cm³/mol. The largest absolute Gasteiger partial charge is 0.328 e. The maximum Gasteiger partial charge on any atom is 0.247 e. The Labute approximate surface area is 120 Å². The Morgan fingerprint density at radius 3 is 2.60 bits per heavy atom. The SMILES string of the molecule is CC(C)C1CCCN(S(=O)(=O)c2ccc(=O)[nH]c2)CC1. The maximum absolute atomic E-state index is 12.5. The zero-order chi connectivity index (χ0) is 14.8. The van der Waals surface area contributed by atoms with Crippen molar-refractivity contribution in [2.24, 2.45) is 11.8 Å². The highest BCUT2D eigenvalue weighted by atomic mass is 32.2. The zero-order valence-electron chi connectivity index (χ0n) is 12.0. The lowest BCUT2D eigenvalue weighted by Gasteiger charge is -2.21. The highest BCUT2D eigenvalue weighted by Gasteiger charge is 2.28. The summed E-state index contributed by atoms with van der Waals surface area (Å²) in [6, 6.07) is 2.63. The van der Waals surface area contributed by atoms with Gasteiger partial charge >= 0.3 is 0 Å². The number of nitrogens with one attached hydrogen (secondary N) is 1. The van der Waals surface area contributed by atoms with Gasteiger partial charge in [0.1, 0.15) is 0 Å². The van der Waals surface area contributed by atoms with Gasteiger partial charge < -0.3 is 4.98 Å². The Morgan fingerprint density at radius 1 is 1.25 bits per heavy atom. The van der Waals surface area contributed by atoms with Crippen LogP contribution < -0.4 is 5.56 Å². The quantitative estimate of drug-likeness (QED) is 0.925. The van der Waals surface area contributed by atoms with Crippen LogP contribution in [0.5, 0.6) is 0 Å². The van der Waals surface area contributed by atoms with E-state index in [1.807, 2.05) is 0 Å². The third-order valence-corrected chi connectivity index (χ3v) is 5.96. The molecular formula is C14H22N2O3S. The number of nitrogens with zero attached hydrogens (tertiary/aromatic N) is 1. The van der Waals surface area contributed by atoms with Crippen LogP contribution >= 0.6 is 0 Å².